The number of rotatable bonds is 3. The molecular weight excluding hydrogens is 342 g/mol. The van der Waals surface area contributed by atoms with Crippen molar-refractivity contribution in [3.63, 3.8) is 0 Å². The van der Waals surface area contributed by atoms with Gasteiger partial charge in [0.25, 0.3) is 5.91 Å². The van der Waals surface area contributed by atoms with Crippen LogP contribution in [0.4, 0.5) is 23.6 Å². The van der Waals surface area contributed by atoms with Gasteiger partial charge < -0.3 is 4.42 Å². The number of anilines is 1. The monoisotopic (exact) mass is 351 g/mol. The summed E-state index contributed by atoms with van der Waals surface area (Å²) in [7, 11) is -2.29. The largest absolute Gasteiger partial charge is 0.417 e. The maximum absolute atomic E-state index is 14.3. The molecule has 23 heavy (non-hydrogen) atoms. The molecule has 1 N–H and O–H groups in total. The van der Waals surface area contributed by atoms with E-state index in [0.717, 1.165) is 6.26 Å². The van der Waals surface area contributed by atoms with Crippen molar-refractivity contribution in [3.05, 3.63) is 35.0 Å². The summed E-state index contributed by atoms with van der Waals surface area (Å²) in [5.41, 5.74) is -2.12. The zero-order valence-electron chi connectivity index (χ0n) is 11.7. The Kier molecular flexibility index (Phi) is 4.50. The molecule has 11 heteroatoms. The number of hydrogen-bond acceptors (Lipinski definition) is 5. The topological polar surface area (TPSA) is 85.1 Å². The third kappa shape index (κ3) is 3.55. The van der Waals surface area contributed by atoms with E-state index in [-0.39, 0.29) is 11.9 Å². The average molecular weight is 351 g/mol. The molecule has 0 fully saturated rings. The van der Waals surface area contributed by atoms with Crippen LogP contribution in [0.5, 0.6) is 0 Å². The molecule has 1 heterocycles. The molecule has 0 spiro atoms. The van der Waals surface area contributed by atoms with Crippen LogP contribution in [0.25, 0.3) is 0 Å². The van der Waals surface area contributed by atoms with E-state index in [9.17, 15) is 26.6 Å². The van der Waals surface area contributed by atoms with Crippen LogP contribution in [0.3, 0.4) is 0 Å². The second-order valence-electron chi connectivity index (χ2n) is 4.34. The first-order valence-electron chi connectivity index (χ1n) is 5.96. The molecule has 2 aromatic rings. The van der Waals surface area contributed by atoms with Crippen molar-refractivity contribution in [2.45, 2.75) is 18.0 Å². The second-order valence-corrected chi connectivity index (χ2v) is 5.65. The molecule has 0 radical (unpaired) electrons. The Morgan fingerprint density at radius 2 is 1.96 bits per heavy atom. The van der Waals surface area contributed by atoms with Gasteiger partial charge in [0.1, 0.15) is 0 Å². The standard InChI is InChI=1S/C12H9F4N3O3S/c1-5-18-19-11(22-5)17-10(20)6-3-4-7(12(14,15)16)9(8(6)13)23(2)21/h3-4H,1-2H3,(H,17,19,20). The fourth-order valence-electron chi connectivity index (χ4n) is 1.75. The fraction of sp³-hybridized carbons (Fsp3) is 0.250. The average Bonchev–Trinajstić information content (AvgIpc) is 2.81. The number of nitrogens with one attached hydrogen (secondary N) is 1. The van der Waals surface area contributed by atoms with Crippen LogP contribution in [-0.2, 0) is 17.0 Å². The number of aryl methyl sites for hydroxylation is 1. The Morgan fingerprint density at radius 3 is 2.43 bits per heavy atom. The molecule has 1 amide bonds. The van der Waals surface area contributed by atoms with Gasteiger partial charge in [-0.1, -0.05) is 5.10 Å². The second kappa shape index (κ2) is 6.07. The van der Waals surface area contributed by atoms with E-state index >= 15 is 0 Å². The molecule has 0 aliphatic carbocycles. The number of hydrogen-bond donors (Lipinski definition) is 1. The Balaban J connectivity index is 2.46. The van der Waals surface area contributed by atoms with Crippen LogP contribution in [-0.4, -0.2) is 26.6 Å². The van der Waals surface area contributed by atoms with Crippen LogP contribution in [0.1, 0.15) is 21.8 Å². The van der Waals surface area contributed by atoms with Crippen LogP contribution >= 0.6 is 0 Å². The third-order valence-electron chi connectivity index (χ3n) is 2.68. The predicted molar refractivity (Wildman–Crippen MR) is 70.7 cm³/mol. The van der Waals surface area contributed by atoms with Gasteiger partial charge in [0.05, 0.1) is 26.8 Å². The minimum absolute atomic E-state index is 0.128. The van der Waals surface area contributed by atoms with E-state index < -0.39 is 44.7 Å². The van der Waals surface area contributed by atoms with Crippen molar-refractivity contribution in [3.8, 4) is 0 Å². The Hall–Kier alpha value is -2.30. The minimum atomic E-state index is -4.90. The molecule has 0 saturated heterocycles. The van der Waals surface area contributed by atoms with Crippen molar-refractivity contribution < 1.29 is 31.0 Å². The summed E-state index contributed by atoms with van der Waals surface area (Å²) >= 11 is 0. The van der Waals surface area contributed by atoms with Crippen LogP contribution in [0.2, 0.25) is 0 Å². The lowest BCUT2D eigenvalue weighted by Crippen LogP contribution is -2.18. The lowest BCUT2D eigenvalue weighted by molar-refractivity contribution is -0.140. The van der Waals surface area contributed by atoms with Gasteiger partial charge in [-0.3, -0.25) is 14.3 Å². The number of carbonyl (C=O) groups is 1. The summed E-state index contributed by atoms with van der Waals surface area (Å²) in [6.07, 6.45) is -4.02. The molecule has 1 unspecified atom stereocenters. The summed E-state index contributed by atoms with van der Waals surface area (Å²) in [4.78, 5) is 10.8. The number of nitrogens with zero attached hydrogens (tertiary/aromatic N) is 2. The van der Waals surface area contributed by atoms with Gasteiger partial charge in [0, 0.05) is 13.2 Å². The highest BCUT2D eigenvalue weighted by atomic mass is 32.2. The Labute approximate surface area is 129 Å². The number of alkyl halides is 3. The highest BCUT2D eigenvalue weighted by molar-refractivity contribution is 7.84. The van der Waals surface area contributed by atoms with E-state index in [1.807, 2.05) is 5.32 Å². The van der Waals surface area contributed by atoms with Gasteiger partial charge >= 0.3 is 12.2 Å². The molecule has 0 aliphatic rings. The fourth-order valence-corrected chi connectivity index (χ4v) is 2.60. The Bertz CT molecular complexity index is 788. The zero-order chi connectivity index (χ0) is 17.4. The van der Waals surface area contributed by atoms with E-state index in [2.05, 4.69) is 10.2 Å². The number of halogens is 4. The van der Waals surface area contributed by atoms with Crippen molar-refractivity contribution in [1.82, 2.24) is 10.2 Å². The van der Waals surface area contributed by atoms with Crippen LogP contribution < -0.4 is 5.32 Å². The molecule has 1 aromatic carbocycles. The molecule has 6 nitrogen and oxygen atoms in total. The molecule has 2 rings (SSSR count). The van der Waals surface area contributed by atoms with Gasteiger partial charge in [-0.15, -0.1) is 5.10 Å². The summed E-state index contributed by atoms with van der Waals surface area (Å²) < 4.78 is 69.1. The van der Waals surface area contributed by atoms with Crippen molar-refractivity contribution in [2.75, 3.05) is 11.6 Å². The number of carbonyl (C=O) groups excluding carboxylic acids is 1. The number of amides is 1. The van der Waals surface area contributed by atoms with Gasteiger partial charge in [-0.05, 0) is 12.1 Å². The predicted octanol–water partition coefficient (Wildman–Crippen LogP) is 2.53. The summed E-state index contributed by atoms with van der Waals surface area (Å²) in [5.74, 6) is -2.50. The van der Waals surface area contributed by atoms with Crippen LogP contribution in [0.15, 0.2) is 21.4 Å². The normalized spacial score (nSPS) is 13.0. The number of benzene rings is 1. The first-order valence-corrected chi connectivity index (χ1v) is 7.51. The molecule has 1 aromatic heterocycles. The molecule has 1 atom stereocenters. The molecule has 0 bridgehead atoms. The van der Waals surface area contributed by atoms with Gasteiger partial charge in [-0.2, -0.15) is 13.2 Å². The van der Waals surface area contributed by atoms with Crippen LogP contribution in [0, 0.1) is 12.7 Å². The van der Waals surface area contributed by atoms with Crippen molar-refractivity contribution in [2.24, 2.45) is 0 Å². The first kappa shape index (κ1) is 17.1. The summed E-state index contributed by atoms with van der Waals surface area (Å²) in [5, 5.41) is 8.91. The maximum Gasteiger partial charge on any atom is 0.417 e. The quantitative estimate of drug-likeness (QED) is 0.859. The van der Waals surface area contributed by atoms with Gasteiger partial charge in [0.2, 0.25) is 5.89 Å². The highest BCUT2D eigenvalue weighted by Crippen LogP contribution is 2.35. The summed E-state index contributed by atoms with van der Waals surface area (Å²) in [6.45, 7) is 1.44. The van der Waals surface area contributed by atoms with E-state index in [0.29, 0.717) is 12.1 Å². The SMILES string of the molecule is Cc1nnc(NC(=O)c2ccc(C(F)(F)F)c(S(C)=O)c2F)o1. The lowest BCUT2D eigenvalue weighted by atomic mass is 10.1. The lowest BCUT2D eigenvalue weighted by Gasteiger charge is -2.13. The number of aromatic nitrogens is 2. The molecule has 124 valence electrons. The third-order valence-corrected chi connectivity index (χ3v) is 3.66. The molecule has 0 aliphatic heterocycles. The zero-order valence-corrected chi connectivity index (χ0v) is 12.5. The smallest absolute Gasteiger partial charge is 0.408 e. The van der Waals surface area contributed by atoms with Gasteiger partial charge in [0.15, 0.2) is 5.82 Å². The highest BCUT2D eigenvalue weighted by Gasteiger charge is 2.37. The van der Waals surface area contributed by atoms with Crippen molar-refractivity contribution in [1.29, 1.82) is 0 Å². The Morgan fingerprint density at radius 1 is 1.30 bits per heavy atom. The van der Waals surface area contributed by atoms with E-state index in [1.54, 1.807) is 0 Å². The first-order chi connectivity index (χ1) is 10.6. The molecule has 0 saturated carbocycles. The summed E-state index contributed by atoms with van der Waals surface area (Å²) in [6, 6.07) is 0.798. The van der Waals surface area contributed by atoms with Crippen molar-refractivity contribution >= 4 is 22.7 Å². The van der Waals surface area contributed by atoms with E-state index in [1.165, 1.54) is 6.92 Å². The van der Waals surface area contributed by atoms with Gasteiger partial charge in [-0.25, -0.2) is 4.39 Å². The molecular formula is C12H9F4N3O3S. The van der Waals surface area contributed by atoms with E-state index in [4.69, 9.17) is 4.42 Å². The minimum Gasteiger partial charge on any atom is -0.408 e. The maximum atomic E-state index is 14.3.